The molecular formula is C55H85NO15. The molecule has 16 nitrogen and oxygen atoms in total. The van der Waals surface area contributed by atoms with Crippen molar-refractivity contribution < 1.29 is 72.1 Å². The van der Waals surface area contributed by atoms with Crippen molar-refractivity contribution in [3.63, 3.8) is 0 Å². The molecule has 1 aliphatic carbocycles. The van der Waals surface area contributed by atoms with Crippen LogP contribution >= 0.6 is 0 Å². The Bertz CT molecular complexity index is 1930. The van der Waals surface area contributed by atoms with Gasteiger partial charge in [0.05, 0.1) is 31.0 Å². The maximum absolute atomic E-state index is 14.5. The first-order chi connectivity index (χ1) is 33.7. The van der Waals surface area contributed by atoms with Crippen LogP contribution in [0.25, 0.3) is 0 Å². The third-order valence-corrected chi connectivity index (χ3v) is 15.2. The summed E-state index contributed by atoms with van der Waals surface area (Å²) in [7, 11) is 4.54. The van der Waals surface area contributed by atoms with Gasteiger partial charge in [0.2, 0.25) is 5.79 Å². The zero-order valence-electron chi connectivity index (χ0n) is 44.3. The highest BCUT2D eigenvalue weighted by molar-refractivity contribution is 6.39. The molecule has 16 heteroatoms. The van der Waals surface area contributed by atoms with E-state index in [1.54, 1.807) is 48.0 Å². The molecule has 0 unspecified atom stereocenters. The van der Waals surface area contributed by atoms with E-state index in [1.807, 2.05) is 58.1 Å². The number of allylic oxidation sites excluding steroid dienone is 6. The minimum Gasteiger partial charge on any atom is -0.464 e. The van der Waals surface area contributed by atoms with E-state index in [0.717, 1.165) is 5.57 Å². The van der Waals surface area contributed by atoms with Crippen LogP contribution in [-0.2, 0) is 61.9 Å². The Morgan fingerprint density at radius 2 is 1.61 bits per heavy atom. The average Bonchev–Trinajstić information content (AvgIpc) is 3.34. The Balaban J connectivity index is 1.68. The molecule has 1 saturated carbocycles. The molecule has 1 amide bonds. The van der Waals surface area contributed by atoms with Gasteiger partial charge in [0.15, 0.2) is 5.78 Å². The molecule has 0 spiro atoms. The van der Waals surface area contributed by atoms with E-state index in [1.165, 1.54) is 12.0 Å². The number of ketones is 3. The molecule has 15 atom stereocenters. The zero-order valence-corrected chi connectivity index (χ0v) is 44.3. The number of fused-ring (bicyclic) bond motifs is 3. The summed E-state index contributed by atoms with van der Waals surface area (Å²) < 4.78 is 40.7. The molecule has 4 aliphatic rings. The van der Waals surface area contributed by atoms with Crippen LogP contribution in [0.2, 0.25) is 0 Å². The largest absolute Gasteiger partial charge is 0.464 e. The van der Waals surface area contributed by atoms with Crippen LogP contribution < -0.4 is 0 Å². The van der Waals surface area contributed by atoms with E-state index in [-0.39, 0.29) is 74.1 Å². The number of nitrogens with zero attached hydrogens (tertiary/aromatic N) is 1. The lowest BCUT2D eigenvalue weighted by molar-refractivity contribution is -0.265. The minimum atomic E-state index is -2.45. The zero-order chi connectivity index (χ0) is 52.6. The van der Waals surface area contributed by atoms with Gasteiger partial charge >= 0.3 is 11.9 Å². The lowest BCUT2D eigenvalue weighted by Crippen LogP contribution is -2.61. The first kappa shape index (κ1) is 59.7. The molecule has 0 aromatic rings. The predicted molar refractivity (Wildman–Crippen MR) is 266 cm³/mol. The van der Waals surface area contributed by atoms with Gasteiger partial charge in [0, 0.05) is 58.5 Å². The van der Waals surface area contributed by atoms with Crippen molar-refractivity contribution in [1.82, 2.24) is 4.90 Å². The normalized spacial score (nSPS) is 37.9. The second kappa shape index (κ2) is 28.5. The second-order valence-corrected chi connectivity index (χ2v) is 20.7. The minimum absolute atomic E-state index is 0.00741. The number of aliphatic hydroxyl groups is 2. The number of piperidine rings is 1. The van der Waals surface area contributed by atoms with Gasteiger partial charge in [-0.2, -0.15) is 0 Å². The molecule has 2 saturated heterocycles. The smallest absolute Gasteiger partial charge is 0.332 e. The van der Waals surface area contributed by atoms with Crippen LogP contribution in [0.1, 0.15) is 132 Å². The number of aliphatic hydroxyl groups excluding tert-OH is 1. The molecule has 0 radical (unpaired) electrons. The van der Waals surface area contributed by atoms with Gasteiger partial charge in [-0.1, -0.05) is 71.1 Å². The number of Topliss-reactive ketones (excluding diaryl/α,β-unsaturated/α-hetero) is 3. The van der Waals surface area contributed by atoms with Crippen molar-refractivity contribution in [3.05, 3.63) is 47.6 Å². The molecule has 400 valence electrons. The summed E-state index contributed by atoms with van der Waals surface area (Å²) in [4.78, 5) is 84.4. The van der Waals surface area contributed by atoms with Gasteiger partial charge in [-0.25, -0.2) is 9.59 Å². The lowest BCUT2D eigenvalue weighted by Gasteiger charge is -2.42. The van der Waals surface area contributed by atoms with Crippen LogP contribution in [0.4, 0.5) is 0 Å². The number of hydrogen-bond donors (Lipinski definition) is 2. The Morgan fingerprint density at radius 1 is 0.873 bits per heavy atom. The van der Waals surface area contributed by atoms with Crippen LogP contribution in [0, 0.1) is 35.5 Å². The molecule has 3 fully saturated rings. The summed E-state index contributed by atoms with van der Waals surface area (Å²) in [6, 6.07) is -1.17. The highest BCUT2D eigenvalue weighted by Crippen LogP contribution is 2.38. The summed E-state index contributed by atoms with van der Waals surface area (Å²) in [5, 5.41) is 23.5. The van der Waals surface area contributed by atoms with Crippen molar-refractivity contribution >= 4 is 35.2 Å². The van der Waals surface area contributed by atoms with E-state index >= 15 is 0 Å². The summed E-state index contributed by atoms with van der Waals surface area (Å²) in [5.74, 6) is -8.65. The Hall–Kier alpha value is -3.90. The van der Waals surface area contributed by atoms with Crippen molar-refractivity contribution in [3.8, 4) is 0 Å². The Morgan fingerprint density at radius 3 is 2.28 bits per heavy atom. The standard InChI is InChI=1S/C55H85NO15/c1-12-68-48(58)32-69-44-24-22-40(29-47(44)66-10)28-36(5)46-31-43(57)35(4)27-38(7)50(60)51(67-11)49(59)37(6)26-33(2)18-14-13-15-19-34(3)45(65-9)30-41-23-21-39(8)55(64,71-41)52(61)53(62)56-25-17-16-20-42(56)54(63)70-46/h13-15,18-19,27,33,35-37,39-42,44-47,50-51,60,64H,12,16-17,20-26,28-32H2,1-11H3/b15-13+,18-14+,34-19+,38-27+/t33-,35-,36-,37-,39-,40+,41+,42+,44-,45+,46+,47-,50-,51+,55-/m1/s1. The van der Waals surface area contributed by atoms with E-state index in [9.17, 15) is 39.0 Å². The number of rotatable bonds is 10. The monoisotopic (exact) mass is 1000 g/mol. The number of esters is 2. The fourth-order valence-electron chi connectivity index (χ4n) is 10.7. The van der Waals surface area contributed by atoms with Crippen LogP contribution in [0.15, 0.2) is 47.6 Å². The fraction of sp³-hybridized carbons (Fsp3) is 0.745. The van der Waals surface area contributed by atoms with Crippen molar-refractivity contribution in [2.75, 3.05) is 41.1 Å². The summed E-state index contributed by atoms with van der Waals surface area (Å²) >= 11 is 0. The molecule has 2 N–H and O–H groups in total. The number of methoxy groups -OCH3 is 3. The van der Waals surface area contributed by atoms with Gasteiger partial charge in [0.1, 0.15) is 36.7 Å². The number of hydrogen-bond acceptors (Lipinski definition) is 15. The summed E-state index contributed by atoms with van der Waals surface area (Å²) in [6.07, 6.45) is 11.2. The van der Waals surface area contributed by atoms with Gasteiger partial charge < -0.3 is 48.3 Å². The molecule has 4 rings (SSSR count). The molecule has 0 aromatic carbocycles. The number of carbonyl (C=O) groups excluding carboxylic acids is 6. The third-order valence-electron chi connectivity index (χ3n) is 15.2. The summed E-state index contributed by atoms with van der Waals surface area (Å²) in [5.41, 5.74) is 1.25. The molecule has 3 heterocycles. The SMILES string of the molecule is CCOC(=O)CO[C@@H]1CC[C@@H](C[C@@H](C)[C@@H]2CC(=O)[C@H](C)/C=C(\C)[C@@H](O)[C@@H](OC)C(=O)[C@H](C)C[C@H](C)/C=C/C=C/C=C(\C)[C@@H](OC)C[C@@H]3CC[C@@H](C)[C@@](O)(O3)C(=O)C(=O)N3CCCC[C@H]3C(=O)O2)C[C@H]1OC. The number of ether oxygens (including phenoxy) is 7. The maximum Gasteiger partial charge on any atom is 0.332 e. The van der Waals surface area contributed by atoms with Gasteiger partial charge in [-0.05, 0) is 114 Å². The molecular weight excluding hydrogens is 915 g/mol. The maximum atomic E-state index is 14.5. The number of amides is 1. The average molecular weight is 1000 g/mol. The Labute approximate surface area is 422 Å². The second-order valence-electron chi connectivity index (χ2n) is 20.7. The number of carbonyl (C=O) groups is 6. The van der Waals surface area contributed by atoms with Crippen LogP contribution in [-0.4, -0.2) is 146 Å². The molecule has 71 heavy (non-hydrogen) atoms. The van der Waals surface area contributed by atoms with Gasteiger partial charge in [0.25, 0.3) is 11.7 Å². The van der Waals surface area contributed by atoms with E-state index in [0.29, 0.717) is 69.8 Å². The molecule has 2 bridgehead atoms. The van der Waals surface area contributed by atoms with Crippen LogP contribution in [0.3, 0.4) is 0 Å². The van der Waals surface area contributed by atoms with E-state index in [2.05, 4.69) is 0 Å². The highest BCUT2D eigenvalue weighted by Gasteiger charge is 2.53. The quantitative estimate of drug-likeness (QED) is 0.131. The predicted octanol–water partition coefficient (Wildman–Crippen LogP) is 6.77. The van der Waals surface area contributed by atoms with Crippen molar-refractivity contribution in [1.29, 1.82) is 0 Å². The topological polar surface area (TPSA) is 211 Å². The van der Waals surface area contributed by atoms with Crippen LogP contribution in [0.5, 0.6) is 0 Å². The lowest BCUT2D eigenvalue weighted by atomic mass is 9.78. The molecule has 3 aliphatic heterocycles. The van der Waals surface area contributed by atoms with E-state index < -0.39 is 83.7 Å². The summed E-state index contributed by atoms with van der Waals surface area (Å²) in [6.45, 7) is 14.5. The van der Waals surface area contributed by atoms with Crippen molar-refractivity contribution in [2.45, 2.75) is 187 Å². The highest BCUT2D eigenvalue weighted by atomic mass is 16.6. The first-order valence-corrected chi connectivity index (χ1v) is 25.9. The third kappa shape index (κ3) is 16.6. The van der Waals surface area contributed by atoms with Gasteiger partial charge in [-0.15, -0.1) is 0 Å². The van der Waals surface area contributed by atoms with E-state index in [4.69, 9.17) is 33.2 Å². The number of cyclic esters (lactones) is 1. The molecule has 0 aromatic heterocycles. The van der Waals surface area contributed by atoms with Crippen molar-refractivity contribution in [2.24, 2.45) is 35.5 Å². The van der Waals surface area contributed by atoms with Gasteiger partial charge in [-0.3, -0.25) is 19.2 Å². The first-order valence-electron chi connectivity index (χ1n) is 25.9. The Kier molecular flexibility index (Phi) is 24.0. The fourth-order valence-corrected chi connectivity index (χ4v) is 10.7.